The molecule has 1 amide bonds. The van der Waals surface area contributed by atoms with Crippen LogP contribution in [0.4, 0.5) is 0 Å². The molecule has 1 aromatic rings. The molecule has 0 saturated carbocycles. The van der Waals surface area contributed by atoms with Gasteiger partial charge < -0.3 is 10.4 Å². The van der Waals surface area contributed by atoms with Gasteiger partial charge in [-0.05, 0) is 6.08 Å². The van der Waals surface area contributed by atoms with Crippen LogP contribution in [-0.2, 0) is 22.7 Å². The Hall–Kier alpha value is -2.18. The molecule has 0 aliphatic rings. The van der Waals surface area contributed by atoms with Crippen molar-refractivity contribution in [2.24, 2.45) is 0 Å². The topological polar surface area (TPSA) is 97.1 Å². The highest BCUT2D eigenvalue weighted by atomic mass is 16.4. The Balaban J connectivity index is 2.49. The first-order chi connectivity index (χ1) is 7.11. The van der Waals surface area contributed by atoms with E-state index in [4.69, 9.17) is 5.11 Å². The van der Waals surface area contributed by atoms with Crippen molar-refractivity contribution in [3.63, 3.8) is 0 Å². The molecule has 0 spiro atoms. The van der Waals surface area contributed by atoms with Crippen molar-refractivity contribution in [1.29, 1.82) is 0 Å². The van der Waals surface area contributed by atoms with Gasteiger partial charge in [-0.3, -0.25) is 9.59 Å². The average Bonchev–Trinajstić information content (AvgIpc) is 2.61. The largest absolute Gasteiger partial charge is 0.480 e. The lowest BCUT2D eigenvalue weighted by Crippen LogP contribution is -2.20. The number of carboxylic acid groups (broad SMARTS) is 1. The number of hydrogen-bond donors (Lipinski definition) is 2. The van der Waals surface area contributed by atoms with Gasteiger partial charge in [0.15, 0.2) is 0 Å². The number of nitrogens with one attached hydrogen (secondary N) is 1. The van der Waals surface area contributed by atoms with Gasteiger partial charge in [0.25, 0.3) is 0 Å². The lowest BCUT2D eigenvalue weighted by atomic mass is 10.4. The zero-order valence-corrected chi connectivity index (χ0v) is 7.88. The summed E-state index contributed by atoms with van der Waals surface area (Å²) in [6, 6.07) is 0. The Morgan fingerprint density at radius 1 is 1.67 bits per heavy atom. The molecule has 0 aliphatic heterocycles. The summed E-state index contributed by atoms with van der Waals surface area (Å²) in [6.07, 6.45) is 2.60. The smallest absolute Gasteiger partial charge is 0.325 e. The molecule has 1 rings (SSSR count). The van der Waals surface area contributed by atoms with Gasteiger partial charge >= 0.3 is 5.97 Å². The molecule has 0 aromatic carbocycles. The maximum absolute atomic E-state index is 10.8. The predicted molar refractivity (Wildman–Crippen MR) is 49.7 cm³/mol. The van der Waals surface area contributed by atoms with E-state index in [1.165, 1.54) is 10.9 Å². The van der Waals surface area contributed by atoms with Crippen LogP contribution in [-0.4, -0.2) is 32.0 Å². The number of rotatable bonds is 5. The van der Waals surface area contributed by atoms with Gasteiger partial charge in [-0.15, -0.1) is 5.10 Å². The third kappa shape index (κ3) is 3.59. The van der Waals surface area contributed by atoms with E-state index in [0.717, 1.165) is 6.08 Å². The molecular weight excluding hydrogens is 200 g/mol. The number of hydrogen-bond acceptors (Lipinski definition) is 4. The molecule has 7 nitrogen and oxygen atoms in total. The highest BCUT2D eigenvalue weighted by Crippen LogP contribution is 1.92. The molecule has 0 unspecified atom stereocenters. The molecule has 15 heavy (non-hydrogen) atoms. The van der Waals surface area contributed by atoms with Gasteiger partial charge in [-0.25, -0.2) is 4.68 Å². The van der Waals surface area contributed by atoms with Gasteiger partial charge in [0, 0.05) is 0 Å². The van der Waals surface area contributed by atoms with Crippen molar-refractivity contribution < 1.29 is 14.7 Å². The summed E-state index contributed by atoms with van der Waals surface area (Å²) < 4.78 is 1.18. The van der Waals surface area contributed by atoms with E-state index in [1.54, 1.807) is 0 Å². The number of aliphatic carboxylic acids is 1. The molecule has 0 bridgehead atoms. The fourth-order valence-electron chi connectivity index (χ4n) is 0.885. The minimum atomic E-state index is -0.999. The summed E-state index contributed by atoms with van der Waals surface area (Å²) >= 11 is 0. The van der Waals surface area contributed by atoms with Gasteiger partial charge in [0.1, 0.15) is 12.2 Å². The maximum atomic E-state index is 10.8. The van der Waals surface area contributed by atoms with Crippen LogP contribution in [0.3, 0.4) is 0 Å². The van der Waals surface area contributed by atoms with Crippen LogP contribution in [0.1, 0.15) is 5.69 Å². The quantitative estimate of drug-likeness (QED) is 0.618. The number of aromatic nitrogens is 3. The van der Waals surface area contributed by atoms with Crippen LogP contribution in [0.5, 0.6) is 0 Å². The second-order valence-electron chi connectivity index (χ2n) is 2.72. The summed E-state index contributed by atoms with van der Waals surface area (Å²) in [6.45, 7) is 3.24. The number of carbonyl (C=O) groups excluding carboxylic acids is 1. The second kappa shape index (κ2) is 4.89. The van der Waals surface area contributed by atoms with Crippen LogP contribution in [0.2, 0.25) is 0 Å². The summed E-state index contributed by atoms with van der Waals surface area (Å²) in [5.74, 6) is -1.32. The fourth-order valence-corrected chi connectivity index (χ4v) is 0.885. The standard InChI is InChI=1S/C8H10N4O3/c1-2-7(13)9-3-6-4-12(11-10-6)5-8(14)15/h2,4H,1,3,5H2,(H,9,13)(H,14,15). The minimum Gasteiger partial charge on any atom is -0.480 e. The summed E-state index contributed by atoms with van der Waals surface area (Å²) in [7, 11) is 0. The van der Waals surface area contributed by atoms with Crippen LogP contribution in [0.25, 0.3) is 0 Å². The molecule has 7 heteroatoms. The van der Waals surface area contributed by atoms with E-state index in [-0.39, 0.29) is 19.0 Å². The Morgan fingerprint density at radius 3 is 3.00 bits per heavy atom. The molecule has 0 radical (unpaired) electrons. The lowest BCUT2D eigenvalue weighted by Gasteiger charge is -1.96. The summed E-state index contributed by atoms with van der Waals surface area (Å²) in [5.41, 5.74) is 0.492. The Bertz CT molecular complexity index is 385. The molecule has 0 fully saturated rings. The zero-order valence-electron chi connectivity index (χ0n) is 7.88. The van der Waals surface area contributed by atoms with Crippen molar-refractivity contribution >= 4 is 11.9 Å². The monoisotopic (exact) mass is 210 g/mol. The predicted octanol–water partition coefficient (Wildman–Crippen LogP) is -0.835. The molecule has 0 saturated heterocycles. The van der Waals surface area contributed by atoms with E-state index in [0.29, 0.717) is 5.69 Å². The third-order valence-electron chi connectivity index (χ3n) is 1.51. The SMILES string of the molecule is C=CC(=O)NCc1cn(CC(=O)O)nn1. The van der Waals surface area contributed by atoms with Gasteiger partial charge in [-0.1, -0.05) is 11.8 Å². The summed E-state index contributed by atoms with van der Waals surface area (Å²) in [4.78, 5) is 21.1. The molecule has 0 aliphatic carbocycles. The van der Waals surface area contributed by atoms with E-state index in [1.807, 2.05) is 0 Å². The number of carboxylic acids is 1. The van der Waals surface area contributed by atoms with Crippen LogP contribution >= 0.6 is 0 Å². The molecule has 80 valence electrons. The van der Waals surface area contributed by atoms with E-state index in [2.05, 4.69) is 22.2 Å². The third-order valence-corrected chi connectivity index (χ3v) is 1.51. The van der Waals surface area contributed by atoms with Gasteiger partial charge in [0.2, 0.25) is 5.91 Å². The Labute approximate surface area is 85.4 Å². The minimum absolute atomic E-state index is 0.199. The summed E-state index contributed by atoms with van der Waals surface area (Å²) in [5, 5.41) is 18.2. The van der Waals surface area contributed by atoms with Gasteiger partial charge in [0.05, 0.1) is 12.7 Å². The number of amides is 1. The molecule has 1 heterocycles. The van der Waals surface area contributed by atoms with Crippen molar-refractivity contribution in [3.05, 3.63) is 24.5 Å². The van der Waals surface area contributed by atoms with E-state index in [9.17, 15) is 9.59 Å². The van der Waals surface area contributed by atoms with Crippen LogP contribution in [0.15, 0.2) is 18.9 Å². The van der Waals surface area contributed by atoms with Crippen LogP contribution < -0.4 is 5.32 Å². The van der Waals surface area contributed by atoms with Crippen molar-refractivity contribution in [2.45, 2.75) is 13.1 Å². The van der Waals surface area contributed by atoms with Gasteiger partial charge in [-0.2, -0.15) is 0 Å². The van der Waals surface area contributed by atoms with Crippen molar-refractivity contribution in [2.75, 3.05) is 0 Å². The van der Waals surface area contributed by atoms with Crippen molar-refractivity contribution in [3.8, 4) is 0 Å². The number of carbonyl (C=O) groups is 2. The fraction of sp³-hybridized carbons (Fsp3) is 0.250. The first-order valence-electron chi connectivity index (χ1n) is 4.13. The van der Waals surface area contributed by atoms with E-state index < -0.39 is 5.97 Å². The zero-order chi connectivity index (χ0) is 11.3. The number of nitrogens with zero attached hydrogens (tertiary/aromatic N) is 3. The maximum Gasteiger partial charge on any atom is 0.325 e. The van der Waals surface area contributed by atoms with Crippen LogP contribution in [0, 0.1) is 0 Å². The molecule has 1 aromatic heterocycles. The highest BCUT2D eigenvalue weighted by Gasteiger charge is 2.04. The molecular formula is C8H10N4O3. The normalized spacial score (nSPS) is 9.60. The molecule has 0 atom stereocenters. The first kappa shape index (κ1) is 10.9. The molecule has 2 N–H and O–H groups in total. The Kier molecular flexibility index (Phi) is 3.55. The van der Waals surface area contributed by atoms with E-state index >= 15 is 0 Å². The average molecular weight is 210 g/mol. The Morgan fingerprint density at radius 2 is 2.40 bits per heavy atom. The van der Waals surface area contributed by atoms with Crippen molar-refractivity contribution in [1.82, 2.24) is 20.3 Å². The first-order valence-corrected chi connectivity index (χ1v) is 4.13. The lowest BCUT2D eigenvalue weighted by molar-refractivity contribution is -0.137. The second-order valence-corrected chi connectivity index (χ2v) is 2.72. The highest BCUT2D eigenvalue weighted by molar-refractivity contribution is 5.86.